The predicted molar refractivity (Wildman–Crippen MR) is 64.4 cm³/mol. The summed E-state index contributed by atoms with van der Waals surface area (Å²) in [4.78, 5) is 11.1. The number of hydrogen-bond donors (Lipinski definition) is 1. The first-order chi connectivity index (χ1) is 7.25. The van der Waals surface area contributed by atoms with Crippen LogP contribution < -0.4 is 0 Å². The summed E-state index contributed by atoms with van der Waals surface area (Å²) in [5.41, 5.74) is 0.904. The molecular formula is C12H16O2S. The Labute approximate surface area is 94.7 Å². The van der Waals surface area contributed by atoms with Crippen LogP contribution >= 0.6 is 11.8 Å². The van der Waals surface area contributed by atoms with Crippen LogP contribution in [0.5, 0.6) is 0 Å². The van der Waals surface area contributed by atoms with Gasteiger partial charge in [0.2, 0.25) is 0 Å². The molecule has 0 spiro atoms. The standard InChI is InChI=1S/C12H16O2S/c1-2-15-9-8-11(12(13)14)10-6-4-3-5-7-10/h3-7,11H,2,8-9H2,1H3,(H,13,14)/t11-/m0/s1. The zero-order valence-corrected chi connectivity index (χ0v) is 9.67. The first-order valence-corrected chi connectivity index (χ1v) is 6.26. The van der Waals surface area contributed by atoms with Crippen LogP contribution in [0.2, 0.25) is 0 Å². The maximum atomic E-state index is 11.1. The van der Waals surface area contributed by atoms with Crippen LogP contribution in [0.1, 0.15) is 24.8 Å². The molecule has 0 aliphatic heterocycles. The molecule has 0 amide bonds. The number of rotatable bonds is 6. The van der Waals surface area contributed by atoms with E-state index >= 15 is 0 Å². The number of hydrogen-bond acceptors (Lipinski definition) is 2. The lowest BCUT2D eigenvalue weighted by Crippen LogP contribution is -2.12. The van der Waals surface area contributed by atoms with Crippen molar-refractivity contribution in [1.82, 2.24) is 0 Å². The summed E-state index contributed by atoms with van der Waals surface area (Å²) in [6, 6.07) is 9.45. The van der Waals surface area contributed by atoms with Gasteiger partial charge in [-0.1, -0.05) is 37.3 Å². The van der Waals surface area contributed by atoms with E-state index in [9.17, 15) is 4.79 Å². The van der Waals surface area contributed by atoms with Gasteiger partial charge in [-0.3, -0.25) is 4.79 Å². The molecular weight excluding hydrogens is 208 g/mol. The molecule has 0 bridgehead atoms. The minimum Gasteiger partial charge on any atom is -0.481 e. The van der Waals surface area contributed by atoms with Crippen LogP contribution in [0.4, 0.5) is 0 Å². The third-order valence-corrected chi connectivity index (χ3v) is 3.19. The molecule has 0 aliphatic carbocycles. The molecule has 1 N–H and O–H groups in total. The molecule has 0 saturated carbocycles. The third kappa shape index (κ3) is 3.96. The smallest absolute Gasteiger partial charge is 0.311 e. The highest BCUT2D eigenvalue weighted by atomic mass is 32.2. The van der Waals surface area contributed by atoms with Crippen molar-refractivity contribution in [2.45, 2.75) is 19.3 Å². The fourth-order valence-electron chi connectivity index (χ4n) is 1.46. The lowest BCUT2D eigenvalue weighted by Gasteiger charge is -2.11. The number of carboxylic acids is 1. The van der Waals surface area contributed by atoms with E-state index in [1.165, 1.54) is 0 Å². The molecule has 0 radical (unpaired) electrons. The highest BCUT2D eigenvalue weighted by Crippen LogP contribution is 2.21. The molecule has 1 atom stereocenters. The highest BCUT2D eigenvalue weighted by molar-refractivity contribution is 7.99. The zero-order chi connectivity index (χ0) is 11.1. The van der Waals surface area contributed by atoms with E-state index in [1.807, 2.05) is 30.3 Å². The average molecular weight is 224 g/mol. The summed E-state index contributed by atoms with van der Waals surface area (Å²) in [5, 5.41) is 9.12. The molecule has 1 aromatic carbocycles. The number of thioether (sulfide) groups is 1. The molecule has 15 heavy (non-hydrogen) atoms. The largest absolute Gasteiger partial charge is 0.481 e. The topological polar surface area (TPSA) is 37.3 Å². The van der Waals surface area contributed by atoms with Gasteiger partial charge in [-0.2, -0.15) is 11.8 Å². The van der Waals surface area contributed by atoms with E-state index in [2.05, 4.69) is 6.92 Å². The Morgan fingerprint density at radius 3 is 2.60 bits per heavy atom. The van der Waals surface area contributed by atoms with Gasteiger partial charge in [0.05, 0.1) is 5.92 Å². The molecule has 0 heterocycles. The third-order valence-electron chi connectivity index (χ3n) is 2.26. The molecule has 0 unspecified atom stereocenters. The first-order valence-electron chi connectivity index (χ1n) is 5.11. The summed E-state index contributed by atoms with van der Waals surface area (Å²) >= 11 is 1.79. The highest BCUT2D eigenvalue weighted by Gasteiger charge is 2.18. The van der Waals surface area contributed by atoms with Crippen LogP contribution in [0.25, 0.3) is 0 Å². The van der Waals surface area contributed by atoms with E-state index in [1.54, 1.807) is 11.8 Å². The second-order valence-corrected chi connectivity index (χ2v) is 4.68. The van der Waals surface area contributed by atoms with E-state index < -0.39 is 5.97 Å². The Morgan fingerprint density at radius 2 is 2.07 bits per heavy atom. The van der Waals surface area contributed by atoms with Gasteiger partial charge in [0.15, 0.2) is 0 Å². The van der Waals surface area contributed by atoms with Gasteiger partial charge in [0.1, 0.15) is 0 Å². The Bertz CT molecular complexity index is 298. The lowest BCUT2D eigenvalue weighted by molar-refractivity contribution is -0.138. The van der Waals surface area contributed by atoms with Crippen molar-refractivity contribution in [2.24, 2.45) is 0 Å². The SMILES string of the molecule is CCSCC[C@H](C(=O)O)c1ccccc1. The average Bonchev–Trinajstić information content (AvgIpc) is 2.25. The van der Waals surface area contributed by atoms with Gasteiger partial charge < -0.3 is 5.11 Å². The van der Waals surface area contributed by atoms with Crippen molar-refractivity contribution in [2.75, 3.05) is 11.5 Å². The Morgan fingerprint density at radius 1 is 1.40 bits per heavy atom. The number of carbonyl (C=O) groups is 1. The van der Waals surface area contributed by atoms with E-state index in [0.29, 0.717) is 6.42 Å². The number of carboxylic acid groups (broad SMARTS) is 1. The van der Waals surface area contributed by atoms with Crippen LogP contribution in [0.3, 0.4) is 0 Å². The van der Waals surface area contributed by atoms with Crippen molar-refractivity contribution >= 4 is 17.7 Å². The van der Waals surface area contributed by atoms with Gasteiger partial charge in [-0.05, 0) is 23.5 Å². The summed E-state index contributed by atoms with van der Waals surface area (Å²) in [5.74, 6) is 0.867. The van der Waals surface area contributed by atoms with Crippen molar-refractivity contribution in [3.63, 3.8) is 0 Å². The Hall–Kier alpha value is -0.960. The van der Waals surface area contributed by atoms with Crippen LogP contribution in [-0.2, 0) is 4.79 Å². The normalized spacial score (nSPS) is 12.3. The quantitative estimate of drug-likeness (QED) is 0.755. The summed E-state index contributed by atoms with van der Waals surface area (Å²) in [6.07, 6.45) is 0.706. The van der Waals surface area contributed by atoms with Gasteiger partial charge in [-0.15, -0.1) is 0 Å². The van der Waals surface area contributed by atoms with Crippen molar-refractivity contribution in [3.05, 3.63) is 35.9 Å². The molecule has 82 valence electrons. The van der Waals surface area contributed by atoms with Gasteiger partial charge in [-0.25, -0.2) is 0 Å². The fraction of sp³-hybridized carbons (Fsp3) is 0.417. The molecule has 0 aromatic heterocycles. The van der Waals surface area contributed by atoms with Crippen molar-refractivity contribution < 1.29 is 9.90 Å². The fourth-order valence-corrected chi connectivity index (χ4v) is 2.15. The lowest BCUT2D eigenvalue weighted by atomic mass is 9.97. The minimum atomic E-state index is -0.724. The summed E-state index contributed by atoms with van der Waals surface area (Å²) in [7, 11) is 0. The minimum absolute atomic E-state index is 0.356. The monoisotopic (exact) mass is 224 g/mol. The summed E-state index contributed by atoms with van der Waals surface area (Å²) in [6.45, 7) is 2.09. The summed E-state index contributed by atoms with van der Waals surface area (Å²) < 4.78 is 0. The molecule has 0 saturated heterocycles. The van der Waals surface area contributed by atoms with Gasteiger partial charge in [0, 0.05) is 0 Å². The van der Waals surface area contributed by atoms with Crippen LogP contribution in [-0.4, -0.2) is 22.6 Å². The van der Waals surface area contributed by atoms with Gasteiger partial charge >= 0.3 is 5.97 Å². The first kappa shape index (κ1) is 12.1. The van der Waals surface area contributed by atoms with Crippen LogP contribution in [0, 0.1) is 0 Å². The predicted octanol–water partition coefficient (Wildman–Crippen LogP) is 3.00. The molecule has 2 nitrogen and oxygen atoms in total. The van der Waals surface area contributed by atoms with Crippen molar-refractivity contribution in [3.8, 4) is 0 Å². The van der Waals surface area contributed by atoms with Gasteiger partial charge in [0.25, 0.3) is 0 Å². The molecule has 3 heteroatoms. The maximum absolute atomic E-state index is 11.1. The second kappa shape index (κ2) is 6.51. The molecule has 1 rings (SSSR count). The van der Waals surface area contributed by atoms with Crippen molar-refractivity contribution in [1.29, 1.82) is 0 Å². The number of aliphatic carboxylic acids is 1. The molecule has 0 aliphatic rings. The Balaban J connectivity index is 2.62. The Kier molecular flexibility index (Phi) is 5.26. The van der Waals surface area contributed by atoms with E-state index in [-0.39, 0.29) is 5.92 Å². The molecule has 0 fully saturated rings. The molecule has 1 aromatic rings. The van der Waals surface area contributed by atoms with E-state index in [4.69, 9.17) is 5.11 Å². The van der Waals surface area contributed by atoms with E-state index in [0.717, 1.165) is 17.1 Å². The second-order valence-electron chi connectivity index (χ2n) is 3.29. The zero-order valence-electron chi connectivity index (χ0n) is 8.85. The maximum Gasteiger partial charge on any atom is 0.311 e. The van der Waals surface area contributed by atoms with Crippen LogP contribution in [0.15, 0.2) is 30.3 Å². The number of benzene rings is 1.